The highest BCUT2D eigenvalue weighted by molar-refractivity contribution is 6.96. The Hall–Kier alpha value is -1.42. The van der Waals surface area contributed by atoms with E-state index in [4.69, 9.17) is 4.43 Å². The molecule has 100 valence electrons. The van der Waals surface area contributed by atoms with Crippen molar-refractivity contribution < 1.29 is 9.53 Å². The van der Waals surface area contributed by atoms with Crippen molar-refractivity contribution in [2.45, 2.75) is 19.6 Å². The Labute approximate surface area is 115 Å². The SMILES string of the molecule is CC(O)CO[Si](C)(c1ccccc1)c1ccccc1. The van der Waals surface area contributed by atoms with Gasteiger partial charge in [-0.15, -0.1) is 0 Å². The summed E-state index contributed by atoms with van der Waals surface area (Å²) < 4.78 is 6.15. The molecule has 0 radical (unpaired) electrons. The second-order valence-electron chi connectivity index (χ2n) is 4.93. The molecular formula is C16H20O2Si. The molecule has 2 aromatic carbocycles. The minimum Gasteiger partial charge on any atom is -0.406 e. The highest BCUT2D eigenvalue weighted by Crippen LogP contribution is 2.08. The van der Waals surface area contributed by atoms with Gasteiger partial charge in [0.05, 0.1) is 12.7 Å². The molecule has 2 aromatic rings. The van der Waals surface area contributed by atoms with Crippen LogP contribution in [-0.2, 0) is 4.43 Å². The predicted octanol–water partition coefficient (Wildman–Crippen LogP) is 1.77. The molecule has 2 rings (SSSR count). The van der Waals surface area contributed by atoms with Crippen LogP contribution in [-0.4, -0.2) is 26.1 Å². The zero-order valence-corrected chi connectivity index (χ0v) is 12.4. The Morgan fingerprint density at radius 2 is 1.37 bits per heavy atom. The van der Waals surface area contributed by atoms with Crippen molar-refractivity contribution in [1.82, 2.24) is 0 Å². The lowest BCUT2D eigenvalue weighted by atomic mass is 10.4. The summed E-state index contributed by atoms with van der Waals surface area (Å²) in [6.45, 7) is 4.30. The number of hydrogen-bond donors (Lipinski definition) is 1. The van der Waals surface area contributed by atoms with Crippen molar-refractivity contribution in [2.75, 3.05) is 6.61 Å². The molecule has 0 saturated heterocycles. The van der Waals surface area contributed by atoms with Crippen LogP contribution in [0.25, 0.3) is 0 Å². The van der Waals surface area contributed by atoms with Crippen molar-refractivity contribution in [3.05, 3.63) is 60.7 Å². The third-order valence-corrected chi connectivity index (χ3v) is 6.88. The minimum absolute atomic E-state index is 0.368. The van der Waals surface area contributed by atoms with Crippen LogP contribution >= 0.6 is 0 Å². The number of aliphatic hydroxyl groups excluding tert-OH is 1. The lowest BCUT2D eigenvalue weighted by Crippen LogP contribution is -2.59. The van der Waals surface area contributed by atoms with Gasteiger partial charge in [0.1, 0.15) is 0 Å². The maximum Gasteiger partial charge on any atom is 0.252 e. The fraction of sp³-hybridized carbons (Fsp3) is 0.250. The molecule has 1 atom stereocenters. The van der Waals surface area contributed by atoms with Crippen molar-refractivity contribution >= 4 is 18.7 Å². The maximum atomic E-state index is 9.51. The Kier molecular flexibility index (Phi) is 4.53. The molecule has 3 heteroatoms. The van der Waals surface area contributed by atoms with Gasteiger partial charge in [0.2, 0.25) is 0 Å². The molecule has 0 aromatic heterocycles. The quantitative estimate of drug-likeness (QED) is 0.841. The molecule has 0 aliphatic carbocycles. The molecule has 1 unspecified atom stereocenters. The minimum atomic E-state index is -2.22. The fourth-order valence-corrected chi connectivity index (χ4v) is 5.03. The lowest BCUT2D eigenvalue weighted by Gasteiger charge is -2.29. The molecule has 0 aliphatic rings. The normalized spacial score (nSPS) is 13.2. The molecule has 0 spiro atoms. The third-order valence-electron chi connectivity index (χ3n) is 3.26. The zero-order valence-electron chi connectivity index (χ0n) is 11.4. The van der Waals surface area contributed by atoms with Crippen LogP contribution in [0.1, 0.15) is 6.92 Å². The van der Waals surface area contributed by atoms with Crippen LogP contribution in [0.5, 0.6) is 0 Å². The second-order valence-corrected chi connectivity index (χ2v) is 8.44. The maximum absolute atomic E-state index is 9.51. The summed E-state index contributed by atoms with van der Waals surface area (Å²) in [7, 11) is -2.22. The van der Waals surface area contributed by atoms with Gasteiger partial charge in [-0.2, -0.15) is 0 Å². The number of benzene rings is 2. The molecule has 1 N–H and O–H groups in total. The molecule has 0 fully saturated rings. The average molecular weight is 272 g/mol. The Morgan fingerprint density at radius 3 is 1.74 bits per heavy atom. The van der Waals surface area contributed by atoms with Crippen molar-refractivity contribution in [3.63, 3.8) is 0 Å². The smallest absolute Gasteiger partial charge is 0.252 e. The summed E-state index contributed by atoms with van der Waals surface area (Å²) in [6.07, 6.45) is -0.445. The van der Waals surface area contributed by atoms with Gasteiger partial charge in [0.15, 0.2) is 0 Å². The summed E-state index contributed by atoms with van der Waals surface area (Å²) in [5.41, 5.74) is 0. The summed E-state index contributed by atoms with van der Waals surface area (Å²) in [5.74, 6) is 0. The van der Waals surface area contributed by atoms with Crippen molar-refractivity contribution in [1.29, 1.82) is 0 Å². The largest absolute Gasteiger partial charge is 0.406 e. The van der Waals surface area contributed by atoms with Gasteiger partial charge in [-0.25, -0.2) is 0 Å². The van der Waals surface area contributed by atoms with Gasteiger partial charge in [-0.1, -0.05) is 60.7 Å². The molecular weight excluding hydrogens is 252 g/mol. The third kappa shape index (κ3) is 3.32. The van der Waals surface area contributed by atoms with Gasteiger partial charge in [-0.3, -0.25) is 0 Å². The van der Waals surface area contributed by atoms with Crippen LogP contribution in [0.3, 0.4) is 0 Å². The summed E-state index contributed by atoms with van der Waals surface area (Å²) >= 11 is 0. The van der Waals surface area contributed by atoms with Crippen molar-refractivity contribution in [2.24, 2.45) is 0 Å². The van der Waals surface area contributed by atoms with E-state index in [0.717, 1.165) is 0 Å². The van der Waals surface area contributed by atoms with Crippen LogP contribution in [0.4, 0.5) is 0 Å². The highest BCUT2D eigenvalue weighted by atomic mass is 28.4. The van der Waals surface area contributed by atoms with Crippen molar-refractivity contribution in [3.8, 4) is 0 Å². The number of aliphatic hydroxyl groups is 1. The van der Waals surface area contributed by atoms with Gasteiger partial charge in [0, 0.05) is 0 Å². The Morgan fingerprint density at radius 1 is 0.947 bits per heavy atom. The molecule has 0 amide bonds. The standard InChI is InChI=1S/C16H20O2Si/c1-14(17)13-18-19(2,15-9-5-3-6-10-15)16-11-7-4-8-12-16/h3-12,14,17H,13H2,1-2H3. The first-order chi connectivity index (χ1) is 9.13. The van der Waals surface area contributed by atoms with E-state index in [1.54, 1.807) is 6.92 Å². The molecule has 0 saturated carbocycles. The van der Waals surface area contributed by atoms with Gasteiger partial charge < -0.3 is 9.53 Å². The first-order valence-electron chi connectivity index (χ1n) is 6.56. The van der Waals surface area contributed by atoms with E-state index in [1.165, 1.54) is 10.4 Å². The van der Waals surface area contributed by atoms with Gasteiger partial charge in [-0.05, 0) is 23.8 Å². The second kappa shape index (κ2) is 6.15. The topological polar surface area (TPSA) is 29.5 Å². The van der Waals surface area contributed by atoms with E-state index < -0.39 is 14.4 Å². The Bertz CT molecular complexity index is 457. The van der Waals surface area contributed by atoms with E-state index in [9.17, 15) is 5.11 Å². The van der Waals surface area contributed by atoms with Crippen LogP contribution in [0.2, 0.25) is 6.55 Å². The van der Waals surface area contributed by atoms with E-state index >= 15 is 0 Å². The van der Waals surface area contributed by atoms with E-state index in [2.05, 4.69) is 30.8 Å². The van der Waals surface area contributed by atoms with Gasteiger partial charge >= 0.3 is 0 Å². The molecule has 2 nitrogen and oxygen atoms in total. The van der Waals surface area contributed by atoms with E-state index in [-0.39, 0.29) is 0 Å². The summed E-state index contributed by atoms with van der Waals surface area (Å²) in [5, 5.41) is 12.0. The summed E-state index contributed by atoms with van der Waals surface area (Å²) in [6, 6.07) is 20.6. The molecule has 0 bridgehead atoms. The van der Waals surface area contributed by atoms with Crippen LogP contribution < -0.4 is 10.4 Å². The predicted molar refractivity (Wildman–Crippen MR) is 81.4 cm³/mol. The number of hydrogen-bond acceptors (Lipinski definition) is 2. The monoisotopic (exact) mass is 272 g/mol. The van der Waals surface area contributed by atoms with Crippen LogP contribution in [0, 0.1) is 0 Å². The molecule has 0 aliphatic heterocycles. The molecule has 19 heavy (non-hydrogen) atoms. The van der Waals surface area contributed by atoms with E-state index in [0.29, 0.717) is 6.61 Å². The lowest BCUT2D eigenvalue weighted by molar-refractivity contribution is 0.121. The molecule has 0 heterocycles. The fourth-order valence-electron chi connectivity index (χ4n) is 2.13. The Balaban J connectivity index is 2.39. The number of rotatable bonds is 5. The first-order valence-corrected chi connectivity index (χ1v) is 8.97. The van der Waals surface area contributed by atoms with Crippen LogP contribution in [0.15, 0.2) is 60.7 Å². The van der Waals surface area contributed by atoms with E-state index in [1.807, 2.05) is 36.4 Å². The average Bonchev–Trinajstić information content (AvgIpc) is 2.46. The summed E-state index contributed by atoms with van der Waals surface area (Å²) in [4.78, 5) is 0. The van der Waals surface area contributed by atoms with Gasteiger partial charge in [0.25, 0.3) is 8.32 Å². The highest BCUT2D eigenvalue weighted by Gasteiger charge is 2.34. The zero-order chi connectivity index (χ0) is 13.7. The first kappa shape index (κ1) is 14.0.